The number of hydrogen-bond donors (Lipinski definition) is 1. The molecule has 0 fully saturated rings. The molecule has 1 aliphatic heterocycles. The molecule has 2 heterocycles. The van der Waals surface area contributed by atoms with Gasteiger partial charge in [-0.15, -0.1) is 0 Å². The van der Waals surface area contributed by atoms with Gasteiger partial charge in [0.25, 0.3) is 0 Å². The van der Waals surface area contributed by atoms with Gasteiger partial charge in [0, 0.05) is 17.3 Å². The Kier molecular flexibility index (Phi) is 3.31. The molecule has 5 nitrogen and oxygen atoms in total. The van der Waals surface area contributed by atoms with E-state index in [1.807, 2.05) is 30.5 Å². The first-order valence-electron chi connectivity index (χ1n) is 6.98. The molecule has 4 rings (SSSR count). The number of rotatable bonds is 3. The van der Waals surface area contributed by atoms with Gasteiger partial charge in [0.2, 0.25) is 12.5 Å². The minimum atomic E-state index is 0.197. The molecule has 0 spiro atoms. The van der Waals surface area contributed by atoms with Gasteiger partial charge in [-0.3, -0.25) is 0 Å². The van der Waals surface area contributed by atoms with Crippen LogP contribution < -0.4 is 14.2 Å². The highest BCUT2D eigenvalue weighted by molar-refractivity contribution is 7.10. The Labute approximate surface area is 136 Å². The summed E-state index contributed by atoms with van der Waals surface area (Å²) >= 11 is 1.40. The number of nitrogens with zero attached hydrogens (tertiary/aromatic N) is 1. The standard InChI is InChI=1S/C17H13NO4S/c1-20-14-6-11(7-15-16(14)22-9-21-15)17-13(8-18-23-17)10-2-4-12(19)5-3-10/h2-8,19H,9H2,1H3. The maximum absolute atomic E-state index is 9.45. The zero-order valence-electron chi connectivity index (χ0n) is 12.3. The summed E-state index contributed by atoms with van der Waals surface area (Å²) in [7, 11) is 1.61. The SMILES string of the molecule is COc1cc(-c2sncc2-c2ccc(O)cc2)cc2c1OCO2. The molecule has 3 aromatic rings. The van der Waals surface area contributed by atoms with Gasteiger partial charge in [0.05, 0.1) is 12.0 Å². The van der Waals surface area contributed by atoms with Crippen LogP contribution in [0.3, 0.4) is 0 Å². The predicted molar refractivity (Wildman–Crippen MR) is 87.3 cm³/mol. The van der Waals surface area contributed by atoms with E-state index in [0.717, 1.165) is 21.6 Å². The fourth-order valence-corrected chi connectivity index (χ4v) is 3.31. The molecule has 0 bridgehead atoms. The van der Waals surface area contributed by atoms with E-state index in [0.29, 0.717) is 17.2 Å². The molecule has 0 saturated heterocycles. The summed E-state index contributed by atoms with van der Waals surface area (Å²) in [6.45, 7) is 0.197. The number of phenolic OH excluding ortho intramolecular Hbond substituents is 1. The Morgan fingerprint density at radius 2 is 1.96 bits per heavy atom. The van der Waals surface area contributed by atoms with Crippen LogP contribution in [0.25, 0.3) is 21.6 Å². The van der Waals surface area contributed by atoms with Gasteiger partial charge in [-0.05, 0) is 41.4 Å². The van der Waals surface area contributed by atoms with Gasteiger partial charge in [-0.25, -0.2) is 0 Å². The van der Waals surface area contributed by atoms with Crippen LogP contribution in [0.2, 0.25) is 0 Å². The highest BCUT2D eigenvalue weighted by Gasteiger charge is 2.22. The van der Waals surface area contributed by atoms with Crippen LogP contribution in [0.5, 0.6) is 23.0 Å². The third-order valence-corrected chi connectivity index (χ3v) is 4.52. The summed E-state index contributed by atoms with van der Waals surface area (Å²) < 4.78 is 20.6. The van der Waals surface area contributed by atoms with Crippen molar-refractivity contribution in [1.82, 2.24) is 4.37 Å². The highest BCUT2D eigenvalue weighted by atomic mass is 32.1. The fourth-order valence-electron chi connectivity index (χ4n) is 2.56. The second kappa shape index (κ2) is 5.48. The first-order chi connectivity index (χ1) is 11.3. The van der Waals surface area contributed by atoms with E-state index < -0.39 is 0 Å². The Morgan fingerprint density at radius 3 is 2.74 bits per heavy atom. The topological polar surface area (TPSA) is 60.8 Å². The Balaban J connectivity index is 1.83. The van der Waals surface area contributed by atoms with Crippen molar-refractivity contribution in [3.63, 3.8) is 0 Å². The molecule has 1 aromatic heterocycles. The summed E-state index contributed by atoms with van der Waals surface area (Å²) in [5, 5.41) is 9.45. The number of benzene rings is 2. The van der Waals surface area contributed by atoms with Crippen LogP contribution in [-0.4, -0.2) is 23.4 Å². The molecule has 0 aliphatic carbocycles. The highest BCUT2D eigenvalue weighted by Crippen LogP contribution is 2.46. The first-order valence-corrected chi connectivity index (χ1v) is 7.75. The molecular formula is C17H13NO4S. The van der Waals surface area contributed by atoms with E-state index in [4.69, 9.17) is 14.2 Å². The monoisotopic (exact) mass is 327 g/mol. The predicted octanol–water partition coefficient (Wildman–Crippen LogP) is 3.92. The van der Waals surface area contributed by atoms with Crippen molar-refractivity contribution in [1.29, 1.82) is 0 Å². The summed E-state index contributed by atoms with van der Waals surface area (Å²) in [6, 6.07) is 10.9. The third-order valence-electron chi connectivity index (χ3n) is 3.67. The minimum Gasteiger partial charge on any atom is -0.508 e. The molecule has 1 aliphatic rings. The van der Waals surface area contributed by atoms with Crippen LogP contribution in [0, 0.1) is 0 Å². The quantitative estimate of drug-likeness (QED) is 0.790. The average Bonchev–Trinajstić information content (AvgIpc) is 3.23. The van der Waals surface area contributed by atoms with Crippen molar-refractivity contribution in [2.75, 3.05) is 13.9 Å². The zero-order chi connectivity index (χ0) is 15.8. The molecular weight excluding hydrogens is 314 g/mol. The van der Waals surface area contributed by atoms with Crippen LogP contribution >= 0.6 is 11.5 Å². The number of hydrogen-bond acceptors (Lipinski definition) is 6. The van der Waals surface area contributed by atoms with Crippen LogP contribution in [0.1, 0.15) is 0 Å². The van der Waals surface area contributed by atoms with Crippen molar-refractivity contribution in [2.45, 2.75) is 0 Å². The van der Waals surface area contributed by atoms with Gasteiger partial charge < -0.3 is 19.3 Å². The summed E-state index contributed by atoms with van der Waals surface area (Å²) in [6.07, 6.45) is 1.82. The van der Waals surface area contributed by atoms with Crippen molar-refractivity contribution in [2.24, 2.45) is 0 Å². The Hall–Kier alpha value is -2.73. The van der Waals surface area contributed by atoms with Crippen molar-refractivity contribution in [3.05, 3.63) is 42.6 Å². The van der Waals surface area contributed by atoms with E-state index in [2.05, 4.69) is 4.37 Å². The third kappa shape index (κ3) is 2.37. The molecule has 1 N–H and O–H groups in total. The summed E-state index contributed by atoms with van der Waals surface area (Å²) in [5.41, 5.74) is 2.94. The molecule has 23 heavy (non-hydrogen) atoms. The lowest BCUT2D eigenvalue weighted by Gasteiger charge is -2.08. The lowest BCUT2D eigenvalue weighted by molar-refractivity contribution is 0.171. The van der Waals surface area contributed by atoms with E-state index >= 15 is 0 Å². The summed E-state index contributed by atoms with van der Waals surface area (Å²) in [5.74, 6) is 2.18. The number of phenols is 1. The smallest absolute Gasteiger partial charge is 0.231 e. The van der Waals surface area contributed by atoms with E-state index in [-0.39, 0.29) is 12.5 Å². The van der Waals surface area contributed by atoms with Gasteiger partial charge in [-0.1, -0.05) is 12.1 Å². The fraction of sp³-hybridized carbons (Fsp3) is 0.118. The minimum absolute atomic E-state index is 0.197. The van der Waals surface area contributed by atoms with Crippen molar-refractivity contribution < 1.29 is 19.3 Å². The first kappa shape index (κ1) is 13.9. The number of ether oxygens (including phenoxy) is 3. The molecule has 0 unspecified atom stereocenters. The largest absolute Gasteiger partial charge is 0.508 e. The molecule has 0 amide bonds. The molecule has 116 valence electrons. The van der Waals surface area contributed by atoms with Crippen molar-refractivity contribution >= 4 is 11.5 Å². The van der Waals surface area contributed by atoms with Gasteiger partial charge in [-0.2, -0.15) is 4.37 Å². The lowest BCUT2D eigenvalue weighted by Crippen LogP contribution is -1.93. The van der Waals surface area contributed by atoms with Crippen LogP contribution in [0.15, 0.2) is 42.6 Å². The normalized spacial score (nSPS) is 12.4. The maximum atomic E-state index is 9.45. The van der Waals surface area contributed by atoms with E-state index in [9.17, 15) is 5.11 Å². The van der Waals surface area contributed by atoms with E-state index in [1.54, 1.807) is 19.2 Å². The zero-order valence-corrected chi connectivity index (χ0v) is 13.1. The maximum Gasteiger partial charge on any atom is 0.231 e. The van der Waals surface area contributed by atoms with Gasteiger partial charge in [0.1, 0.15) is 5.75 Å². The molecule has 0 radical (unpaired) electrons. The van der Waals surface area contributed by atoms with Crippen LogP contribution in [0.4, 0.5) is 0 Å². The number of aromatic hydroxyl groups is 1. The lowest BCUT2D eigenvalue weighted by atomic mass is 10.0. The van der Waals surface area contributed by atoms with Crippen LogP contribution in [-0.2, 0) is 0 Å². The molecule has 2 aromatic carbocycles. The molecule has 0 atom stereocenters. The second-order valence-corrected chi connectivity index (χ2v) is 5.83. The Morgan fingerprint density at radius 1 is 1.13 bits per heavy atom. The number of methoxy groups -OCH3 is 1. The van der Waals surface area contributed by atoms with E-state index in [1.165, 1.54) is 11.5 Å². The van der Waals surface area contributed by atoms with Crippen molar-refractivity contribution in [3.8, 4) is 44.6 Å². The summed E-state index contributed by atoms with van der Waals surface area (Å²) in [4.78, 5) is 1.01. The number of fused-ring (bicyclic) bond motifs is 1. The second-order valence-electron chi connectivity index (χ2n) is 5.03. The molecule has 6 heteroatoms. The van der Waals surface area contributed by atoms with Gasteiger partial charge >= 0.3 is 0 Å². The Bertz CT molecular complexity index is 858. The van der Waals surface area contributed by atoms with Gasteiger partial charge in [0.15, 0.2) is 11.5 Å². The number of aromatic nitrogens is 1. The average molecular weight is 327 g/mol. The molecule has 0 saturated carbocycles.